The molecule has 0 fully saturated rings. The number of para-hydroxylation sites is 2. The fourth-order valence-corrected chi connectivity index (χ4v) is 3.95. The van der Waals surface area contributed by atoms with Crippen molar-refractivity contribution in [3.05, 3.63) is 133 Å². The highest BCUT2D eigenvalue weighted by molar-refractivity contribution is 5.94. The molecule has 0 saturated carbocycles. The topological polar surface area (TPSA) is 144 Å². The lowest BCUT2D eigenvalue weighted by atomic mass is 10.1. The van der Waals surface area contributed by atoms with Crippen molar-refractivity contribution in [1.82, 2.24) is 19.9 Å². The lowest BCUT2D eigenvalue weighted by Crippen LogP contribution is -2.15. The molecule has 0 unspecified atom stereocenters. The second-order valence-electron chi connectivity index (χ2n) is 8.74. The highest BCUT2D eigenvalue weighted by Crippen LogP contribution is 2.18. The Morgan fingerprint density at radius 2 is 1.15 bits per heavy atom. The van der Waals surface area contributed by atoms with Gasteiger partial charge in [-0.25, -0.2) is 9.97 Å². The average molecular weight is 545 g/mol. The number of pyridine rings is 4. The molecule has 9 nitrogen and oxygen atoms in total. The Balaban J connectivity index is 0.000000159. The Hall–Kier alpha value is -5.70. The second-order valence-corrected chi connectivity index (χ2v) is 8.74. The van der Waals surface area contributed by atoms with Crippen LogP contribution in [-0.2, 0) is 22.4 Å². The first-order chi connectivity index (χ1) is 20.0. The van der Waals surface area contributed by atoms with Gasteiger partial charge in [0.15, 0.2) is 0 Å². The summed E-state index contributed by atoms with van der Waals surface area (Å²) < 4.78 is 0. The van der Waals surface area contributed by atoms with Crippen LogP contribution in [0.25, 0.3) is 21.8 Å². The van der Waals surface area contributed by atoms with E-state index in [9.17, 15) is 9.59 Å². The van der Waals surface area contributed by atoms with Gasteiger partial charge in [-0.3, -0.25) is 19.6 Å². The van der Waals surface area contributed by atoms with E-state index in [1.54, 1.807) is 43.0 Å². The van der Waals surface area contributed by atoms with Gasteiger partial charge in [0.05, 0.1) is 23.9 Å². The fourth-order valence-electron chi connectivity index (χ4n) is 3.95. The molecule has 0 aliphatic rings. The van der Waals surface area contributed by atoms with Gasteiger partial charge in [-0.2, -0.15) is 0 Å². The van der Waals surface area contributed by atoms with Crippen LogP contribution in [-0.4, -0.2) is 36.9 Å². The summed E-state index contributed by atoms with van der Waals surface area (Å²) in [7, 11) is 0. The Bertz CT molecular complexity index is 1720. The molecule has 2 aromatic carbocycles. The summed E-state index contributed by atoms with van der Waals surface area (Å²) in [4.78, 5) is 38.9. The molecule has 0 saturated heterocycles. The molecule has 0 radical (unpaired) electrons. The number of aliphatic carboxylic acids is 1. The first kappa shape index (κ1) is 28.3. The summed E-state index contributed by atoms with van der Waals surface area (Å²) in [6.07, 6.45) is 7.03. The minimum Gasteiger partial charge on any atom is -0.481 e. The van der Waals surface area contributed by atoms with Crippen molar-refractivity contribution in [3.8, 4) is 0 Å². The van der Waals surface area contributed by atoms with E-state index in [1.165, 1.54) is 0 Å². The van der Waals surface area contributed by atoms with E-state index in [0.29, 0.717) is 18.1 Å². The molecule has 9 heteroatoms. The standard InChI is InChI=1S/C16H13N3O.C11H9NO2.C5H6N2/c20-16(19-15-7-3-4-9-18-15)11-12-8-10-17-14-6-2-1-5-13(12)14;13-11(14)7-8-5-6-12-10-4-2-1-3-9(8)10;6-5-3-1-2-4-7-5/h1-10H,11H2,(H,18,19,20);1-6H,7H2,(H,13,14);1-4H,(H2,6,7). The highest BCUT2D eigenvalue weighted by Gasteiger charge is 2.08. The predicted octanol–water partition coefficient (Wildman–Crippen LogP) is 5.34. The number of hydrogen-bond donors (Lipinski definition) is 3. The number of rotatable bonds is 5. The van der Waals surface area contributed by atoms with Crippen LogP contribution in [0.1, 0.15) is 11.1 Å². The lowest BCUT2D eigenvalue weighted by Gasteiger charge is -2.06. The van der Waals surface area contributed by atoms with E-state index in [1.807, 2.05) is 78.9 Å². The number of carbonyl (C=O) groups is 2. The first-order valence-electron chi connectivity index (χ1n) is 12.7. The Morgan fingerprint density at radius 1 is 0.610 bits per heavy atom. The molecule has 41 heavy (non-hydrogen) atoms. The highest BCUT2D eigenvalue weighted by atomic mass is 16.4. The van der Waals surface area contributed by atoms with Crippen LogP contribution in [0, 0.1) is 0 Å². The number of nitrogen functional groups attached to an aromatic ring is 1. The first-order valence-corrected chi connectivity index (χ1v) is 12.7. The molecular formula is C32H28N6O3. The molecule has 1 amide bonds. The third kappa shape index (κ3) is 8.66. The minimum atomic E-state index is -0.818. The van der Waals surface area contributed by atoms with Crippen molar-refractivity contribution >= 4 is 45.3 Å². The van der Waals surface area contributed by atoms with Gasteiger partial charge in [0.25, 0.3) is 0 Å². The van der Waals surface area contributed by atoms with Crippen molar-refractivity contribution in [3.63, 3.8) is 0 Å². The van der Waals surface area contributed by atoms with Crippen molar-refractivity contribution in [2.24, 2.45) is 0 Å². The number of anilines is 2. The van der Waals surface area contributed by atoms with E-state index in [-0.39, 0.29) is 12.3 Å². The molecule has 0 aliphatic carbocycles. The molecule has 4 heterocycles. The van der Waals surface area contributed by atoms with E-state index in [0.717, 1.165) is 32.9 Å². The van der Waals surface area contributed by atoms with Gasteiger partial charge >= 0.3 is 5.97 Å². The summed E-state index contributed by atoms with van der Waals surface area (Å²) in [5, 5.41) is 13.4. The largest absolute Gasteiger partial charge is 0.481 e. The normalized spacial score (nSPS) is 10.0. The van der Waals surface area contributed by atoms with Crippen molar-refractivity contribution < 1.29 is 14.7 Å². The number of carbonyl (C=O) groups excluding carboxylic acids is 1. The SMILES string of the molecule is Nc1ccccn1.O=C(Cc1ccnc2ccccc12)Nc1ccccn1.O=C(O)Cc1ccnc2ccccc12. The number of hydrogen-bond acceptors (Lipinski definition) is 7. The zero-order chi connectivity index (χ0) is 28.9. The van der Waals surface area contributed by atoms with Crippen LogP contribution >= 0.6 is 0 Å². The summed E-state index contributed by atoms with van der Waals surface area (Å²) >= 11 is 0. The number of carboxylic acid groups (broad SMARTS) is 1. The number of fused-ring (bicyclic) bond motifs is 2. The van der Waals surface area contributed by atoms with E-state index in [4.69, 9.17) is 10.8 Å². The predicted molar refractivity (Wildman–Crippen MR) is 160 cm³/mol. The van der Waals surface area contributed by atoms with Gasteiger partial charge in [-0.05, 0) is 59.7 Å². The van der Waals surface area contributed by atoms with Gasteiger partial charge in [-0.1, -0.05) is 48.5 Å². The van der Waals surface area contributed by atoms with Crippen molar-refractivity contribution in [2.45, 2.75) is 12.8 Å². The Morgan fingerprint density at radius 3 is 1.63 bits per heavy atom. The maximum Gasteiger partial charge on any atom is 0.307 e. The summed E-state index contributed by atoms with van der Waals surface area (Å²) in [5.74, 6) is 0.236. The minimum absolute atomic E-state index is 0.0447. The molecule has 0 atom stereocenters. The third-order valence-corrected chi connectivity index (χ3v) is 5.79. The number of aromatic nitrogens is 4. The van der Waals surface area contributed by atoms with Gasteiger partial charge in [0.2, 0.25) is 5.91 Å². The van der Waals surface area contributed by atoms with Crippen LogP contribution in [0.15, 0.2) is 122 Å². The van der Waals surface area contributed by atoms with Crippen molar-refractivity contribution in [2.75, 3.05) is 11.1 Å². The molecular weight excluding hydrogens is 516 g/mol. The van der Waals surface area contributed by atoms with E-state index >= 15 is 0 Å². The second kappa shape index (κ2) is 14.5. The summed E-state index contributed by atoms with van der Waals surface area (Å²) in [6, 6.07) is 29.8. The molecule has 4 N–H and O–H groups in total. The van der Waals surface area contributed by atoms with Crippen LogP contribution in [0.2, 0.25) is 0 Å². The molecule has 6 rings (SSSR count). The number of nitrogens with two attached hydrogens (primary N) is 1. The zero-order valence-electron chi connectivity index (χ0n) is 22.1. The van der Waals surface area contributed by atoms with Gasteiger partial charge in [0.1, 0.15) is 11.6 Å². The number of amides is 1. The zero-order valence-corrected chi connectivity index (χ0v) is 22.1. The monoisotopic (exact) mass is 544 g/mol. The van der Waals surface area contributed by atoms with E-state index < -0.39 is 5.97 Å². The third-order valence-electron chi connectivity index (χ3n) is 5.79. The Kier molecular flexibility index (Phi) is 9.98. The summed E-state index contributed by atoms with van der Waals surface area (Å²) in [5.41, 5.74) is 8.76. The van der Waals surface area contributed by atoms with Gasteiger partial charge in [-0.15, -0.1) is 0 Å². The van der Waals surface area contributed by atoms with Crippen molar-refractivity contribution in [1.29, 1.82) is 0 Å². The molecule has 0 bridgehead atoms. The number of nitrogens with one attached hydrogen (secondary N) is 1. The van der Waals surface area contributed by atoms with Crippen LogP contribution in [0.5, 0.6) is 0 Å². The maximum atomic E-state index is 12.1. The Labute approximate surface area is 236 Å². The maximum absolute atomic E-state index is 12.1. The van der Waals surface area contributed by atoms with Crippen LogP contribution in [0.3, 0.4) is 0 Å². The smallest absolute Gasteiger partial charge is 0.307 e. The summed E-state index contributed by atoms with van der Waals surface area (Å²) in [6.45, 7) is 0. The molecule has 0 aliphatic heterocycles. The number of benzene rings is 2. The average Bonchev–Trinajstić information content (AvgIpc) is 2.99. The number of carboxylic acids is 1. The van der Waals surface area contributed by atoms with Gasteiger partial charge in [0, 0.05) is 35.6 Å². The van der Waals surface area contributed by atoms with Gasteiger partial charge < -0.3 is 16.2 Å². The van der Waals surface area contributed by atoms with Crippen LogP contribution < -0.4 is 11.1 Å². The molecule has 204 valence electrons. The molecule has 4 aromatic heterocycles. The molecule has 6 aromatic rings. The lowest BCUT2D eigenvalue weighted by molar-refractivity contribution is -0.136. The quantitative estimate of drug-likeness (QED) is 0.264. The number of nitrogens with zero attached hydrogens (tertiary/aromatic N) is 4. The molecule has 0 spiro atoms. The van der Waals surface area contributed by atoms with E-state index in [2.05, 4.69) is 25.3 Å². The van der Waals surface area contributed by atoms with Crippen LogP contribution in [0.4, 0.5) is 11.6 Å². The fraction of sp³-hybridized carbons (Fsp3) is 0.0625.